The van der Waals surface area contributed by atoms with Crippen LogP contribution in [0.2, 0.25) is 0 Å². The summed E-state index contributed by atoms with van der Waals surface area (Å²) in [6, 6.07) is 11.9. The molecule has 2 aromatic carbocycles. The SMILES string of the molecule is COc1ccc(C(=O)NC[C@@H](c2cccs2)S(=O)(=O)c2ccc(F)c(C)c2)c(OC)c1. The molecule has 0 saturated carbocycles. The number of carbonyl (C=O) groups excluding carboxylic acids is 1. The second-order valence-corrected chi connectivity index (χ2v) is 9.85. The van der Waals surface area contributed by atoms with Crippen molar-refractivity contribution < 1.29 is 27.1 Å². The topological polar surface area (TPSA) is 81.7 Å². The first kappa shape index (κ1) is 22.8. The van der Waals surface area contributed by atoms with E-state index in [1.807, 2.05) is 0 Å². The Morgan fingerprint density at radius 1 is 1.13 bits per heavy atom. The molecular formula is C22H22FNO5S2. The third-order valence-electron chi connectivity index (χ3n) is 4.79. The number of hydrogen-bond acceptors (Lipinski definition) is 6. The summed E-state index contributed by atoms with van der Waals surface area (Å²) in [5, 5.41) is 3.44. The van der Waals surface area contributed by atoms with Crippen LogP contribution in [0.15, 0.2) is 58.8 Å². The Balaban J connectivity index is 1.89. The lowest BCUT2D eigenvalue weighted by atomic mass is 10.1. The number of benzene rings is 2. The fourth-order valence-electron chi connectivity index (χ4n) is 3.06. The maximum absolute atomic E-state index is 13.7. The minimum Gasteiger partial charge on any atom is -0.497 e. The van der Waals surface area contributed by atoms with Crippen molar-refractivity contribution in [2.45, 2.75) is 17.1 Å². The van der Waals surface area contributed by atoms with Gasteiger partial charge in [-0.1, -0.05) is 6.07 Å². The van der Waals surface area contributed by atoms with Crippen molar-refractivity contribution in [3.63, 3.8) is 0 Å². The standard InChI is InChI=1S/C22H22FNO5S2/c1-14-11-16(7-9-18(14)23)31(26,27)21(20-5-4-10-30-20)13-24-22(25)17-8-6-15(28-2)12-19(17)29-3/h4-12,21H,13H2,1-3H3,(H,24,25)/t21-/m0/s1. The summed E-state index contributed by atoms with van der Waals surface area (Å²) < 4.78 is 50.7. The summed E-state index contributed by atoms with van der Waals surface area (Å²) >= 11 is 1.27. The number of sulfone groups is 1. The molecule has 3 rings (SSSR count). The second-order valence-electron chi connectivity index (χ2n) is 6.74. The molecule has 164 valence electrons. The van der Waals surface area contributed by atoms with E-state index in [4.69, 9.17) is 9.47 Å². The smallest absolute Gasteiger partial charge is 0.255 e. The second kappa shape index (κ2) is 9.49. The van der Waals surface area contributed by atoms with Crippen molar-refractivity contribution in [2.24, 2.45) is 0 Å². The minimum atomic E-state index is -3.89. The molecule has 6 nitrogen and oxygen atoms in total. The Morgan fingerprint density at radius 2 is 1.90 bits per heavy atom. The summed E-state index contributed by atoms with van der Waals surface area (Å²) in [7, 11) is -0.956. The molecule has 9 heteroatoms. The summed E-state index contributed by atoms with van der Waals surface area (Å²) in [5.41, 5.74) is 0.487. The fraction of sp³-hybridized carbons (Fsp3) is 0.227. The molecule has 0 bridgehead atoms. The highest BCUT2D eigenvalue weighted by Crippen LogP contribution is 2.32. The van der Waals surface area contributed by atoms with Gasteiger partial charge in [-0.3, -0.25) is 4.79 Å². The van der Waals surface area contributed by atoms with E-state index in [2.05, 4.69) is 5.32 Å². The van der Waals surface area contributed by atoms with Crippen molar-refractivity contribution in [3.8, 4) is 11.5 Å². The Hall–Kier alpha value is -2.91. The van der Waals surface area contributed by atoms with Crippen LogP contribution in [-0.2, 0) is 9.84 Å². The molecule has 1 N–H and O–H groups in total. The third-order valence-corrected chi connectivity index (χ3v) is 8.01. The van der Waals surface area contributed by atoms with Gasteiger partial charge in [-0.05, 0) is 54.3 Å². The van der Waals surface area contributed by atoms with Gasteiger partial charge in [-0.25, -0.2) is 12.8 Å². The quantitative estimate of drug-likeness (QED) is 0.508. The van der Waals surface area contributed by atoms with Gasteiger partial charge < -0.3 is 14.8 Å². The lowest BCUT2D eigenvalue weighted by Crippen LogP contribution is -2.31. The molecule has 0 aliphatic rings. The van der Waals surface area contributed by atoms with Crippen molar-refractivity contribution in [2.75, 3.05) is 20.8 Å². The number of halogens is 1. The Morgan fingerprint density at radius 3 is 2.52 bits per heavy atom. The van der Waals surface area contributed by atoms with Crippen LogP contribution < -0.4 is 14.8 Å². The van der Waals surface area contributed by atoms with Crippen molar-refractivity contribution in [3.05, 3.63) is 75.7 Å². The number of hydrogen-bond donors (Lipinski definition) is 1. The van der Waals surface area contributed by atoms with Gasteiger partial charge in [0.1, 0.15) is 22.6 Å². The minimum absolute atomic E-state index is 0.000997. The summed E-state index contributed by atoms with van der Waals surface area (Å²) in [6.45, 7) is 1.35. The summed E-state index contributed by atoms with van der Waals surface area (Å²) in [4.78, 5) is 13.4. The average Bonchev–Trinajstić information content (AvgIpc) is 3.29. The van der Waals surface area contributed by atoms with E-state index in [-0.39, 0.29) is 22.6 Å². The van der Waals surface area contributed by atoms with Crippen molar-refractivity contribution in [1.29, 1.82) is 0 Å². The Labute approximate surface area is 184 Å². The largest absolute Gasteiger partial charge is 0.497 e. The first-order chi connectivity index (χ1) is 14.8. The van der Waals surface area contributed by atoms with Gasteiger partial charge in [0.15, 0.2) is 9.84 Å². The van der Waals surface area contributed by atoms with Gasteiger partial charge in [-0.2, -0.15) is 0 Å². The van der Waals surface area contributed by atoms with E-state index in [9.17, 15) is 17.6 Å². The van der Waals surface area contributed by atoms with Crippen LogP contribution in [0.3, 0.4) is 0 Å². The fourth-order valence-corrected chi connectivity index (χ4v) is 5.93. The first-order valence-corrected chi connectivity index (χ1v) is 11.7. The number of amides is 1. The van der Waals surface area contributed by atoms with Crippen LogP contribution in [0.5, 0.6) is 11.5 Å². The van der Waals surface area contributed by atoms with E-state index >= 15 is 0 Å². The average molecular weight is 464 g/mol. The highest BCUT2D eigenvalue weighted by atomic mass is 32.2. The van der Waals surface area contributed by atoms with E-state index in [0.717, 1.165) is 6.07 Å². The molecule has 0 saturated heterocycles. The number of methoxy groups -OCH3 is 2. The zero-order chi connectivity index (χ0) is 22.6. The van der Waals surface area contributed by atoms with Crippen LogP contribution in [0.4, 0.5) is 4.39 Å². The monoisotopic (exact) mass is 463 g/mol. The maximum Gasteiger partial charge on any atom is 0.255 e. The van der Waals surface area contributed by atoms with Gasteiger partial charge in [-0.15, -0.1) is 11.3 Å². The number of thiophene rings is 1. The molecule has 31 heavy (non-hydrogen) atoms. The highest BCUT2D eigenvalue weighted by Gasteiger charge is 2.31. The molecule has 0 radical (unpaired) electrons. The van der Waals surface area contributed by atoms with Crippen LogP contribution >= 0.6 is 11.3 Å². The summed E-state index contributed by atoms with van der Waals surface area (Å²) in [6.07, 6.45) is 0. The predicted octanol–water partition coefficient (Wildman–Crippen LogP) is 4.16. The van der Waals surface area contributed by atoms with Crippen LogP contribution in [0, 0.1) is 12.7 Å². The van der Waals surface area contributed by atoms with E-state index in [1.54, 1.807) is 35.7 Å². The van der Waals surface area contributed by atoms with E-state index in [0.29, 0.717) is 16.4 Å². The van der Waals surface area contributed by atoms with Crippen LogP contribution in [0.1, 0.15) is 26.0 Å². The third kappa shape index (κ3) is 4.88. The molecule has 0 unspecified atom stereocenters. The molecule has 3 aromatic rings. The molecule has 1 aromatic heterocycles. The van der Waals surface area contributed by atoms with E-state index in [1.165, 1.54) is 44.6 Å². The number of rotatable bonds is 8. The van der Waals surface area contributed by atoms with Crippen molar-refractivity contribution in [1.82, 2.24) is 5.32 Å². The summed E-state index contributed by atoms with van der Waals surface area (Å²) in [5.74, 6) is -0.126. The van der Waals surface area contributed by atoms with Crippen LogP contribution in [-0.4, -0.2) is 35.1 Å². The Kier molecular flexibility index (Phi) is 6.97. The molecule has 1 heterocycles. The number of ether oxygens (including phenoxy) is 2. The molecule has 0 aliphatic heterocycles. The number of nitrogens with one attached hydrogen (secondary N) is 1. The Bertz CT molecular complexity index is 1180. The van der Waals surface area contributed by atoms with Crippen LogP contribution in [0.25, 0.3) is 0 Å². The lowest BCUT2D eigenvalue weighted by Gasteiger charge is -2.18. The van der Waals surface area contributed by atoms with Gasteiger partial charge in [0, 0.05) is 17.5 Å². The predicted molar refractivity (Wildman–Crippen MR) is 117 cm³/mol. The highest BCUT2D eigenvalue weighted by molar-refractivity contribution is 7.91. The molecule has 1 atom stereocenters. The zero-order valence-electron chi connectivity index (χ0n) is 17.2. The van der Waals surface area contributed by atoms with Gasteiger partial charge in [0.25, 0.3) is 5.91 Å². The molecule has 0 aliphatic carbocycles. The molecule has 0 spiro atoms. The number of carbonyl (C=O) groups is 1. The maximum atomic E-state index is 13.7. The molecular weight excluding hydrogens is 441 g/mol. The van der Waals surface area contributed by atoms with E-state index < -0.39 is 26.8 Å². The zero-order valence-corrected chi connectivity index (χ0v) is 18.8. The van der Waals surface area contributed by atoms with Crippen molar-refractivity contribution >= 4 is 27.1 Å². The van der Waals surface area contributed by atoms with Gasteiger partial charge >= 0.3 is 0 Å². The number of aryl methyl sites for hydroxylation is 1. The lowest BCUT2D eigenvalue weighted by molar-refractivity contribution is 0.0950. The molecule has 0 fully saturated rings. The normalized spacial score (nSPS) is 12.3. The molecule has 1 amide bonds. The van der Waals surface area contributed by atoms with Gasteiger partial charge in [0.05, 0.1) is 24.7 Å². The van der Waals surface area contributed by atoms with Gasteiger partial charge in [0.2, 0.25) is 0 Å². The first-order valence-electron chi connectivity index (χ1n) is 9.31.